The van der Waals surface area contributed by atoms with Crippen molar-refractivity contribution in [2.45, 2.75) is 37.4 Å². The molecule has 1 aliphatic heterocycles. The van der Waals surface area contributed by atoms with Gasteiger partial charge in [0.05, 0.1) is 15.8 Å². The van der Waals surface area contributed by atoms with Crippen LogP contribution in [0.2, 0.25) is 0 Å². The molecule has 168 valence electrons. The van der Waals surface area contributed by atoms with Gasteiger partial charge in [-0.2, -0.15) is 13.2 Å². The minimum Gasteiger partial charge on any atom is -0.465 e. The zero-order valence-electron chi connectivity index (χ0n) is 16.5. The predicted octanol–water partition coefficient (Wildman–Crippen LogP) is 3.83. The highest BCUT2D eigenvalue weighted by atomic mass is 32.1. The first-order chi connectivity index (χ1) is 14.6. The summed E-state index contributed by atoms with van der Waals surface area (Å²) in [5, 5.41) is 15.2. The SMILES string of the molecule is CNC(=O)c1csc2c(C(F)(F)F)c(F)c(N3CCC(C4(NC(=O)O)CC4)CC3)nc12. The molecule has 2 fully saturated rings. The zero-order chi connectivity index (χ0) is 22.6. The van der Waals surface area contributed by atoms with E-state index in [0.717, 1.165) is 0 Å². The van der Waals surface area contributed by atoms with Gasteiger partial charge >= 0.3 is 12.3 Å². The third-order valence-electron chi connectivity index (χ3n) is 6.10. The van der Waals surface area contributed by atoms with Crippen molar-refractivity contribution in [3.05, 3.63) is 22.3 Å². The predicted molar refractivity (Wildman–Crippen MR) is 106 cm³/mol. The van der Waals surface area contributed by atoms with E-state index in [1.807, 2.05) is 0 Å². The Kier molecular flexibility index (Phi) is 5.23. The molecule has 0 spiro atoms. The monoisotopic (exact) mass is 460 g/mol. The Morgan fingerprint density at radius 2 is 1.94 bits per heavy atom. The zero-order valence-corrected chi connectivity index (χ0v) is 17.3. The van der Waals surface area contributed by atoms with Crippen LogP contribution in [0.3, 0.4) is 0 Å². The van der Waals surface area contributed by atoms with Gasteiger partial charge in [-0.05, 0) is 31.6 Å². The number of hydrogen-bond acceptors (Lipinski definition) is 5. The number of carbonyl (C=O) groups is 2. The maximum Gasteiger partial charge on any atom is 0.420 e. The quantitative estimate of drug-likeness (QED) is 0.603. The fourth-order valence-corrected chi connectivity index (χ4v) is 5.44. The maximum atomic E-state index is 15.1. The number of rotatable bonds is 4. The highest BCUT2D eigenvalue weighted by Gasteiger charge is 2.51. The lowest BCUT2D eigenvalue weighted by Gasteiger charge is -2.37. The van der Waals surface area contributed by atoms with E-state index in [9.17, 15) is 22.8 Å². The van der Waals surface area contributed by atoms with Gasteiger partial charge in [-0.3, -0.25) is 4.79 Å². The number of nitrogens with one attached hydrogen (secondary N) is 2. The summed E-state index contributed by atoms with van der Waals surface area (Å²) >= 11 is 0.633. The summed E-state index contributed by atoms with van der Waals surface area (Å²) in [6.07, 6.45) is -3.64. The summed E-state index contributed by atoms with van der Waals surface area (Å²) in [5.74, 6) is -2.46. The van der Waals surface area contributed by atoms with E-state index in [1.54, 1.807) is 0 Å². The van der Waals surface area contributed by atoms with E-state index >= 15 is 4.39 Å². The molecular formula is C19H20F4N4O3S. The fourth-order valence-electron chi connectivity index (χ4n) is 4.39. The van der Waals surface area contributed by atoms with Crippen molar-refractivity contribution in [1.82, 2.24) is 15.6 Å². The number of halogens is 4. The van der Waals surface area contributed by atoms with Crippen molar-refractivity contribution in [2.75, 3.05) is 25.0 Å². The number of alkyl halides is 3. The largest absolute Gasteiger partial charge is 0.465 e. The van der Waals surface area contributed by atoms with Crippen molar-refractivity contribution in [2.24, 2.45) is 5.92 Å². The molecule has 0 aromatic carbocycles. The van der Waals surface area contributed by atoms with E-state index in [2.05, 4.69) is 15.6 Å². The highest BCUT2D eigenvalue weighted by molar-refractivity contribution is 7.17. The number of amides is 2. The topological polar surface area (TPSA) is 94.6 Å². The number of nitrogens with zero attached hydrogens (tertiary/aromatic N) is 2. The lowest BCUT2D eigenvalue weighted by atomic mass is 9.87. The molecule has 12 heteroatoms. The second-order valence-corrected chi connectivity index (χ2v) is 8.76. The second kappa shape index (κ2) is 7.50. The minimum atomic E-state index is -4.95. The molecule has 3 heterocycles. The molecule has 3 N–H and O–H groups in total. The van der Waals surface area contributed by atoms with Crippen LogP contribution in [0.4, 0.5) is 28.2 Å². The van der Waals surface area contributed by atoms with Crippen molar-refractivity contribution in [3.8, 4) is 0 Å². The van der Waals surface area contributed by atoms with Crippen LogP contribution >= 0.6 is 11.3 Å². The third kappa shape index (κ3) is 3.77. The summed E-state index contributed by atoms with van der Waals surface area (Å²) in [6, 6.07) is 0. The molecule has 7 nitrogen and oxygen atoms in total. The smallest absolute Gasteiger partial charge is 0.420 e. The molecule has 2 aliphatic rings. The van der Waals surface area contributed by atoms with Crippen LogP contribution in [-0.4, -0.2) is 47.8 Å². The lowest BCUT2D eigenvalue weighted by Crippen LogP contribution is -2.47. The number of fused-ring (bicyclic) bond motifs is 1. The Balaban J connectivity index is 1.69. The van der Waals surface area contributed by atoms with Gasteiger partial charge in [-0.15, -0.1) is 11.3 Å². The van der Waals surface area contributed by atoms with Crippen LogP contribution < -0.4 is 15.5 Å². The van der Waals surface area contributed by atoms with Gasteiger partial charge in [0.25, 0.3) is 5.91 Å². The lowest BCUT2D eigenvalue weighted by molar-refractivity contribution is -0.138. The van der Waals surface area contributed by atoms with Crippen molar-refractivity contribution in [1.29, 1.82) is 0 Å². The van der Waals surface area contributed by atoms with E-state index < -0.39 is 45.6 Å². The van der Waals surface area contributed by atoms with Crippen LogP contribution in [0.15, 0.2) is 5.38 Å². The second-order valence-electron chi connectivity index (χ2n) is 7.88. The van der Waals surface area contributed by atoms with Crippen LogP contribution in [-0.2, 0) is 6.18 Å². The summed E-state index contributed by atoms with van der Waals surface area (Å²) < 4.78 is 55.8. The van der Waals surface area contributed by atoms with Gasteiger partial charge in [0.2, 0.25) is 0 Å². The molecule has 0 radical (unpaired) electrons. The molecule has 2 aromatic heterocycles. The molecule has 2 amide bonds. The van der Waals surface area contributed by atoms with E-state index in [4.69, 9.17) is 5.11 Å². The van der Waals surface area contributed by atoms with Crippen LogP contribution in [0, 0.1) is 11.7 Å². The first-order valence-corrected chi connectivity index (χ1v) is 10.6. The van der Waals surface area contributed by atoms with E-state index in [-0.39, 0.29) is 30.1 Å². The first-order valence-electron chi connectivity index (χ1n) is 9.73. The number of carboxylic acid groups (broad SMARTS) is 1. The number of piperidine rings is 1. The van der Waals surface area contributed by atoms with Crippen LogP contribution in [0.1, 0.15) is 41.6 Å². The Labute approximate surface area is 178 Å². The third-order valence-corrected chi connectivity index (χ3v) is 7.09. The number of hydrogen-bond donors (Lipinski definition) is 3. The number of thiophene rings is 1. The number of carbonyl (C=O) groups excluding carboxylic acids is 1. The average molecular weight is 460 g/mol. The molecule has 1 aliphatic carbocycles. The van der Waals surface area contributed by atoms with Gasteiger partial charge in [-0.1, -0.05) is 0 Å². The van der Waals surface area contributed by atoms with Gasteiger partial charge in [0.1, 0.15) is 5.56 Å². The normalized spacial score (nSPS) is 18.8. The Morgan fingerprint density at radius 3 is 2.45 bits per heavy atom. The highest BCUT2D eigenvalue weighted by Crippen LogP contribution is 2.48. The number of pyridine rings is 1. The Bertz CT molecular complexity index is 1040. The molecular weight excluding hydrogens is 440 g/mol. The van der Waals surface area contributed by atoms with Crippen molar-refractivity contribution in [3.63, 3.8) is 0 Å². The van der Waals surface area contributed by atoms with E-state index in [1.165, 1.54) is 17.3 Å². The number of anilines is 1. The summed E-state index contributed by atoms with van der Waals surface area (Å²) in [4.78, 5) is 28.7. The number of aromatic nitrogens is 1. The maximum absolute atomic E-state index is 15.1. The van der Waals surface area contributed by atoms with Crippen LogP contribution in [0.25, 0.3) is 10.2 Å². The molecule has 1 saturated heterocycles. The summed E-state index contributed by atoms with van der Waals surface area (Å²) in [5.41, 5.74) is -2.13. The van der Waals surface area contributed by atoms with Gasteiger partial charge in [0.15, 0.2) is 11.6 Å². The molecule has 1 saturated carbocycles. The van der Waals surface area contributed by atoms with Crippen LogP contribution in [0.5, 0.6) is 0 Å². The summed E-state index contributed by atoms with van der Waals surface area (Å²) in [7, 11) is 1.35. The van der Waals surface area contributed by atoms with Gasteiger partial charge < -0.3 is 20.6 Å². The molecule has 0 unspecified atom stereocenters. The van der Waals surface area contributed by atoms with Crippen molar-refractivity contribution < 1.29 is 32.3 Å². The van der Waals surface area contributed by atoms with Crippen molar-refractivity contribution >= 4 is 39.4 Å². The Hall–Kier alpha value is -2.63. The van der Waals surface area contributed by atoms with Gasteiger partial charge in [-0.25, -0.2) is 14.2 Å². The summed E-state index contributed by atoms with van der Waals surface area (Å²) in [6.45, 7) is 0.472. The fraction of sp³-hybridized carbons (Fsp3) is 0.526. The molecule has 0 bridgehead atoms. The first kappa shape index (κ1) is 21.6. The molecule has 31 heavy (non-hydrogen) atoms. The standard InChI is InChI=1S/C19H20F4N4O3S/c1-24-16(28)10-8-31-14-11(19(21,22)23)12(20)15(25-13(10)14)27-6-2-9(3-7-27)18(4-5-18)26-17(29)30/h8-9,26H,2-7H2,1H3,(H,24,28)(H,29,30). The molecule has 2 aromatic rings. The molecule has 0 atom stereocenters. The average Bonchev–Trinajstić information content (AvgIpc) is 3.35. The Morgan fingerprint density at radius 1 is 1.29 bits per heavy atom. The molecule has 4 rings (SSSR count). The minimum absolute atomic E-state index is 0.0244. The van der Waals surface area contributed by atoms with Gasteiger partial charge in [0, 0.05) is 31.1 Å². The van der Waals surface area contributed by atoms with E-state index in [0.29, 0.717) is 37.0 Å².